The predicted molar refractivity (Wildman–Crippen MR) is 90.2 cm³/mol. The number of carbonyl (C=O) groups is 1. The second-order valence-corrected chi connectivity index (χ2v) is 5.71. The number of carbonyl (C=O) groups excluding carboxylic acids is 1. The Morgan fingerprint density at radius 2 is 1.91 bits per heavy atom. The van der Waals surface area contributed by atoms with E-state index in [1.54, 1.807) is 6.92 Å². The van der Waals surface area contributed by atoms with Crippen LogP contribution in [0.1, 0.15) is 44.1 Å². The van der Waals surface area contributed by atoms with Gasteiger partial charge in [-0.3, -0.25) is 4.79 Å². The van der Waals surface area contributed by atoms with E-state index in [0.29, 0.717) is 18.1 Å². The van der Waals surface area contributed by atoms with Gasteiger partial charge in [-0.1, -0.05) is 49.3 Å². The summed E-state index contributed by atoms with van der Waals surface area (Å²) in [4.78, 5) is 16.3. The minimum atomic E-state index is -0.547. The molecule has 1 aromatic carbocycles. The molecule has 7 heteroatoms. The molecule has 6 nitrogen and oxygen atoms in total. The smallest absolute Gasteiger partial charge is 0.248 e. The minimum Gasteiger partial charge on any atom is -0.343 e. The molecule has 0 saturated carbocycles. The Kier molecular flexibility index (Phi) is 7.19. The summed E-state index contributed by atoms with van der Waals surface area (Å²) >= 11 is 0. The molecule has 0 fully saturated rings. The van der Waals surface area contributed by atoms with Crippen molar-refractivity contribution in [2.75, 3.05) is 0 Å². The average Bonchev–Trinajstić information content (AvgIpc) is 2.96. The van der Waals surface area contributed by atoms with Gasteiger partial charge in [0.25, 0.3) is 0 Å². The van der Waals surface area contributed by atoms with Gasteiger partial charge in [-0.25, -0.2) is 0 Å². The quantitative estimate of drug-likeness (QED) is 0.842. The summed E-state index contributed by atoms with van der Waals surface area (Å²) in [6.45, 7) is 5.60. The lowest BCUT2D eigenvalue weighted by Gasteiger charge is -2.17. The van der Waals surface area contributed by atoms with E-state index in [4.69, 9.17) is 10.3 Å². The van der Waals surface area contributed by atoms with Crippen molar-refractivity contribution in [3.63, 3.8) is 0 Å². The Morgan fingerprint density at radius 1 is 1.26 bits per heavy atom. The standard InChI is InChI=1S/C16H22N4O2.ClH/c1-10(2)14(17)15(21)18-11(3)16-19-13(20-22-16)9-12-7-5-4-6-8-12;/h4-8,10-11,14H,9,17H2,1-3H3,(H,18,21);1H/t11?,14-;/m0./s1. The number of benzene rings is 1. The third-order valence-electron chi connectivity index (χ3n) is 3.44. The average molecular weight is 339 g/mol. The van der Waals surface area contributed by atoms with Crippen molar-refractivity contribution in [1.29, 1.82) is 0 Å². The molecule has 0 aliphatic carbocycles. The highest BCUT2D eigenvalue weighted by Gasteiger charge is 2.22. The first-order chi connectivity index (χ1) is 10.5. The zero-order chi connectivity index (χ0) is 16.1. The first kappa shape index (κ1) is 19.1. The van der Waals surface area contributed by atoms with E-state index in [0.717, 1.165) is 5.56 Å². The van der Waals surface area contributed by atoms with Gasteiger partial charge in [0.2, 0.25) is 11.8 Å². The lowest BCUT2D eigenvalue weighted by Crippen LogP contribution is -2.44. The fraction of sp³-hybridized carbons (Fsp3) is 0.438. The lowest BCUT2D eigenvalue weighted by atomic mass is 10.0. The van der Waals surface area contributed by atoms with Gasteiger partial charge in [0, 0.05) is 6.42 Å². The van der Waals surface area contributed by atoms with Crippen LogP contribution >= 0.6 is 12.4 Å². The van der Waals surface area contributed by atoms with Crippen LogP contribution in [-0.2, 0) is 11.2 Å². The van der Waals surface area contributed by atoms with Crippen molar-refractivity contribution in [3.8, 4) is 0 Å². The monoisotopic (exact) mass is 338 g/mol. The van der Waals surface area contributed by atoms with Gasteiger partial charge in [0.1, 0.15) is 6.04 Å². The molecule has 2 rings (SSSR count). The Hall–Kier alpha value is -1.92. The number of nitrogens with one attached hydrogen (secondary N) is 1. The van der Waals surface area contributed by atoms with Crippen LogP contribution in [-0.4, -0.2) is 22.1 Å². The van der Waals surface area contributed by atoms with Crippen LogP contribution < -0.4 is 11.1 Å². The van der Waals surface area contributed by atoms with E-state index in [1.807, 2.05) is 44.2 Å². The summed E-state index contributed by atoms with van der Waals surface area (Å²) in [5.74, 6) is 0.833. The fourth-order valence-corrected chi connectivity index (χ4v) is 1.97. The van der Waals surface area contributed by atoms with E-state index in [9.17, 15) is 4.79 Å². The molecule has 1 amide bonds. The predicted octanol–water partition coefficient (Wildman–Crippen LogP) is 2.24. The molecule has 3 N–H and O–H groups in total. The van der Waals surface area contributed by atoms with Crippen LogP contribution in [0.25, 0.3) is 0 Å². The first-order valence-electron chi connectivity index (χ1n) is 7.39. The Morgan fingerprint density at radius 3 is 2.52 bits per heavy atom. The summed E-state index contributed by atoms with van der Waals surface area (Å²) in [5.41, 5.74) is 6.92. The van der Waals surface area contributed by atoms with Crippen molar-refractivity contribution < 1.29 is 9.32 Å². The molecule has 1 heterocycles. The van der Waals surface area contributed by atoms with Crippen LogP contribution in [0.4, 0.5) is 0 Å². The molecule has 0 aliphatic heterocycles. The number of amides is 1. The molecular formula is C16H23ClN4O2. The normalized spacial score (nSPS) is 13.3. The van der Waals surface area contributed by atoms with Crippen LogP contribution in [0, 0.1) is 5.92 Å². The first-order valence-corrected chi connectivity index (χ1v) is 7.39. The van der Waals surface area contributed by atoms with E-state index < -0.39 is 6.04 Å². The second-order valence-electron chi connectivity index (χ2n) is 5.71. The number of nitrogens with zero attached hydrogens (tertiary/aromatic N) is 2. The van der Waals surface area contributed by atoms with Crippen LogP contribution in [0.2, 0.25) is 0 Å². The maximum absolute atomic E-state index is 11.9. The summed E-state index contributed by atoms with van der Waals surface area (Å²) < 4.78 is 5.22. The fourth-order valence-electron chi connectivity index (χ4n) is 1.97. The molecule has 0 bridgehead atoms. The van der Waals surface area contributed by atoms with Crippen molar-refractivity contribution in [1.82, 2.24) is 15.5 Å². The molecule has 0 radical (unpaired) electrons. The van der Waals surface area contributed by atoms with Crippen LogP contribution in [0.3, 0.4) is 0 Å². The molecule has 1 unspecified atom stereocenters. The molecule has 23 heavy (non-hydrogen) atoms. The Labute approximate surface area is 142 Å². The van der Waals surface area contributed by atoms with Crippen LogP contribution in [0.5, 0.6) is 0 Å². The topological polar surface area (TPSA) is 94.0 Å². The highest BCUT2D eigenvalue weighted by atomic mass is 35.5. The Balaban J connectivity index is 0.00000264. The van der Waals surface area contributed by atoms with Crippen molar-refractivity contribution in [3.05, 3.63) is 47.6 Å². The molecule has 0 spiro atoms. The highest BCUT2D eigenvalue weighted by Crippen LogP contribution is 2.13. The molecule has 126 valence electrons. The summed E-state index contributed by atoms with van der Waals surface area (Å²) in [6, 6.07) is 8.98. The number of hydrogen-bond acceptors (Lipinski definition) is 5. The van der Waals surface area contributed by atoms with E-state index in [2.05, 4.69) is 15.5 Å². The molecule has 0 aliphatic rings. The van der Waals surface area contributed by atoms with Crippen LogP contribution in [0.15, 0.2) is 34.9 Å². The summed E-state index contributed by atoms with van der Waals surface area (Å²) in [7, 11) is 0. The van der Waals surface area contributed by atoms with Gasteiger partial charge < -0.3 is 15.6 Å². The van der Waals surface area contributed by atoms with Crippen molar-refractivity contribution >= 4 is 18.3 Å². The number of aromatic nitrogens is 2. The Bertz CT molecular complexity index is 616. The van der Waals surface area contributed by atoms with Crippen molar-refractivity contribution in [2.24, 2.45) is 11.7 Å². The third kappa shape index (κ3) is 5.33. The highest BCUT2D eigenvalue weighted by molar-refractivity contribution is 5.85. The number of hydrogen-bond donors (Lipinski definition) is 2. The number of rotatable bonds is 6. The van der Waals surface area contributed by atoms with Gasteiger partial charge in [0.15, 0.2) is 5.82 Å². The van der Waals surface area contributed by atoms with Gasteiger partial charge in [-0.2, -0.15) is 4.98 Å². The zero-order valence-electron chi connectivity index (χ0n) is 13.5. The molecule has 2 atom stereocenters. The maximum Gasteiger partial charge on any atom is 0.248 e. The van der Waals surface area contributed by atoms with Gasteiger partial charge in [-0.05, 0) is 18.4 Å². The largest absolute Gasteiger partial charge is 0.343 e. The second kappa shape index (κ2) is 8.64. The lowest BCUT2D eigenvalue weighted by molar-refractivity contribution is -0.124. The molecular weight excluding hydrogens is 316 g/mol. The summed E-state index contributed by atoms with van der Waals surface area (Å²) in [6.07, 6.45) is 0.594. The summed E-state index contributed by atoms with van der Waals surface area (Å²) in [5, 5.41) is 6.75. The zero-order valence-corrected chi connectivity index (χ0v) is 14.3. The molecule has 2 aromatic rings. The van der Waals surface area contributed by atoms with E-state index in [1.165, 1.54) is 0 Å². The molecule has 1 aromatic heterocycles. The van der Waals surface area contributed by atoms with E-state index >= 15 is 0 Å². The van der Waals surface area contributed by atoms with E-state index in [-0.39, 0.29) is 30.3 Å². The minimum absolute atomic E-state index is 0. The number of halogens is 1. The SMILES string of the molecule is CC(NC(=O)[C@@H](N)C(C)C)c1nc(Cc2ccccc2)no1.Cl. The van der Waals surface area contributed by atoms with Gasteiger partial charge in [-0.15, -0.1) is 12.4 Å². The van der Waals surface area contributed by atoms with Crippen molar-refractivity contribution in [2.45, 2.75) is 39.3 Å². The third-order valence-corrected chi connectivity index (χ3v) is 3.44. The number of nitrogens with two attached hydrogens (primary N) is 1. The van der Waals surface area contributed by atoms with Gasteiger partial charge >= 0.3 is 0 Å². The molecule has 0 saturated heterocycles. The van der Waals surface area contributed by atoms with Gasteiger partial charge in [0.05, 0.1) is 6.04 Å². The maximum atomic E-state index is 11.9.